The highest BCUT2D eigenvalue weighted by atomic mass is 16.5. The van der Waals surface area contributed by atoms with Gasteiger partial charge in [-0.1, -0.05) is 17.3 Å². The lowest BCUT2D eigenvalue weighted by Crippen LogP contribution is -2.46. The second-order valence-electron chi connectivity index (χ2n) is 6.65. The fraction of sp³-hybridized carbons (Fsp3) is 0.500. The number of nitrogens with zero attached hydrogens (tertiary/aromatic N) is 3. The normalized spacial score (nSPS) is 18.8. The Kier molecular flexibility index (Phi) is 5.21. The summed E-state index contributed by atoms with van der Waals surface area (Å²) < 4.78 is 5.02. The second kappa shape index (κ2) is 7.55. The van der Waals surface area contributed by atoms with Crippen LogP contribution in [0, 0.1) is 12.8 Å². The molecule has 1 aromatic carbocycles. The van der Waals surface area contributed by atoms with Crippen LogP contribution in [0.3, 0.4) is 0 Å². The molecule has 1 aliphatic rings. The highest BCUT2D eigenvalue weighted by Gasteiger charge is 2.26. The Morgan fingerprint density at radius 2 is 2.36 bits per heavy atom. The van der Waals surface area contributed by atoms with Gasteiger partial charge in [0.15, 0.2) is 5.82 Å². The van der Waals surface area contributed by atoms with Crippen LogP contribution in [0.25, 0.3) is 0 Å². The molecule has 3 rings (SSSR count). The van der Waals surface area contributed by atoms with Crippen LogP contribution in [0.1, 0.15) is 43.1 Å². The summed E-state index contributed by atoms with van der Waals surface area (Å²) in [6.45, 7) is 5.13. The molecule has 7 nitrogen and oxygen atoms in total. The molecule has 2 heterocycles. The average molecular weight is 344 g/mol. The minimum Gasteiger partial charge on any atom is -0.508 e. The van der Waals surface area contributed by atoms with Crippen LogP contribution in [0.15, 0.2) is 28.8 Å². The third-order valence-electron chi connectivity index (χ3n) is 4.56. The number of carbonyl (C=O) groups is 1. The monoisotopic (exact) mass is 344 g/mol. The molecule has 0 bridgehead atoms. The first-order valence-corrected chi connectivity index (χ1v) is 8.65. The van der Waals surface area contributed by atoms with Crippen molar-refractivity contribution in [1.29, 1.82) is 0 Å². The van der Waals surface area contributed by atoms with Crippen LogP contribution in [0.2, 0.25) is 0 Å². The Morgan fingerprint density at radius 1 is 1.52 bits per heavy atom. The summed E-state index contributed by atoms with van der Waals surface area (Å²) in [6.07, 6.45) is 2.75. The van der Waals surface area contributed by atoms with E-state index in [4.69, 9.17) is 4.52 Å². The lowest BCUT2D eigenvalue weighted by atomic mass is 9.94. The summed E-state index contributed by atoms with van der Waals surface area (Å²) in [7, 11) is 0. The first kappa shape index (κ1) is 17.3. The maximum atomic E-state index is 12.6. The molecule has 2 aromatic rings. The zero-order chi connectivity index (χ0) is 17.8. The van der Waals surface area contributed by atoms with Gasteiger partial charge in [-0.2, -0.15) is 4.98 Å². The molecule has 0 spiro atoms. The fourth-order valence-corrected chi connectivity index (χ4v) is 3.25. The maximum absolute atomic E-state index is 12.6. The molecule has 1 aliphatic heterocycles. The van der Waals surface area contributed by atoms with Crippen molar-refractivity contribution in [3.63, 3.8) is 0 Å². The van der Waals surface area contributed by atoms with E-state index in [-0.39, 0.29) is 17.8 Å². The van der Waals surface area contributed by atoms with E-state index < -0.39 is 0 Å². The Bertz CT molecular complexity index is 731. The molecular weight excluding hydrogens is 320 g/mol. The summed E-state index contributed by atoms with van der Waals surface area (Å²) in [6, 6.07) is 6.71. The first-order chi connectivity index (χ1) is 12.0. The summed E-state index contributed by atoms with van der Waals surface area (Å²) in [5.74, 6) is 1.82. The number of benzene rings is 1. The SMILES string of the molecule is Cc1nc(C[C@H]2CCCN(C(=O)N[C@@H](C)c3cccc(O)c3)C2)no1. The number of aromatic hydroxyl groups is 1. The van der Waals surface area contributed by atoms with Crippen molar-refractivity contribution in [2.75, 3.05) is 13.1 Å². The molecule has 2 amide bonds. The zero-order valence-electron chi connectivity index (χ0n) is 14.6. The average Bonchev–Trinajstić information content (AvgIpc) is 3.00. The van der Waals surface area contributed by atoms with Crippen molar-refractivity contribution in [1.82, 2.24) is 20.4 Å². The number of phenolic OH excluding ortho intramolecular Hbond substituents is 1. The third-order valence-corrected chi connectivity index (χ3v) is 4.56. The Hall–Kier alpha value is -2.57. The third kappa shape index (κ3) is 4.49. The van der Waals surface area contributed by atoms with Crippen molar-refractivity contribution >= 4 is 6.03 Å². The number of carbonyl (C=O) groups excluding carboxylic acids is 1. The van der Waals surface area contributed by atoms with Crippen LogP contribution < -0.4 is 5.32 Å². The van der Waals surface area contributed by atoms with Gasteiger partial charge >= 0.3 is 6.03 Å². The van der Waals surface area contributed by atoms with Gasteiger partial charge in [0, 0.05) is 26.4 Å². The predicted molar refractivity (Wildman–Crippen MR) is 92.1 cm³/mol. The van der Waals surface area contributed by atoms with Crippen LogP contribution in [0.4, 0.5) is 4.79 Å². The van der Waals surface area contributed by atoms with Crippen molar-refractivity contribution in [2.24, 2.45) is 5.92 Å². The smallest absolute Gasteiger partial charge is 0.317 e. The second-order valence-corrected chi connectivity index (χ2v) is 6.65. The van der Waals surface area contributed by atoms with Crippen molar-refractivity contribution in [3.8, 4) is 5.75 Å². The van der Waals surface area contributed by atoms with E-state index in [2.05, 4.69) is 15.5 Å². The van der Waals surface area contributed by atoms with Gasteiger partial charge in [0.05, 0.1) is 6.04 Å². The van der Waals surface area contributed by atoms with E-state index >= 15 is 0 Å². The molecule has 25 heavy (non-hydrogen) atoms. The van der Waals surface area contributed by atoms with Gasteiger partial charge < -0.3 is 19.8 Å². The Balaban J connectivity index is 1.56. The standard InChI is InChI=1S/C18H24N4O3/c1-12(15-6-3-7-16(23)10-15)19-18(24)22-8-4-5-14(11-22)9-17-20-13(2)25-21-17/h3,6-7,10,12,14,23H,4-5,8-9,11H2,1-2H3,(H,19,24)/t12-,14+/m0/s1. The van der Waals surface area contributed by atoms with Gasteiger partial charge in [-0.05, 0) is 43.4 Å². The molecule has 0 saturated carbocycles. The number of nitrogens with one attached hydrogen (secondary N) is 1. The number of aromatic nitrogens is 2. The van der Waals surface area contributed by atoms with E-state index in [9.17, 15) is 9.90 Å². The quantitative estimate of drug-likeness (QED) is 0.890. The first-order valence-electron chi connectivity index (χ1n) is 8.65. The summed E-state index contributed by atoms with van der Waals surface area (Å²) in [4.78, 5) is 18.7. The predicted octanol–water partition coefficient (Wildman–Crippen LogP) is 2.81. The molecule has 0 unspecified atom stereocenters. The number of rotatable bonds is 4. The Labute approximate surface area is 147 Å². The van der Waals surface area contributed by atoms with Crippen LogP contribution in [-0.4, -0.2) is 39.3 Å². The molecule has 134 valence electrons. The molecule has 7 heteroatoms. The lowest BCUT2D eigenvalue weighted by Gasteiger charge is -2.33. The summed E-state index contributed by atoms with van der Waals surface area (Å²) in [5, 5.41) is 16.5. The molecule has 1 fully saturated rings. The molecule has 1 saturated heterocycles. The van der Waals surface area contributed by atoms with Crippen LogP contribution >= 0.6 is 0 Å². The van der Waals surface area contributed by atoms with E-state index in [1.54, 1.807) is 25.1 Å². The minimum atomic E-state index is -0.167. The number of amides is 2. The number of piperidine rings is 1. The number of aryl methyl sites for hydroxylation is 1. The van der Waals surface area contributed by atoms with Crippen molar-refractivity contribution in [3.05, 3.63) is 41.5 Å². The molecule has 1 aromatic heterocycles. The number of urea groups is 1. The van der Waals surface area contributed by atoms with Gasteiger partial charge in [-0.25, -0.2) is 4.79 Å². The fourth-order valence-electron chi connectivity index (χ4n) is 3.25. The molecule has 2 atom stereocenters. The number of phenols is 1. The molecule has 2 N–H and O–H groups in total. The highest BCUT2D eigenvalue weighted by molar-refractivity contribution is 5.74. The van der Waals surface area contributed by atoms with E-state index in [0.29, 0.717) is 24.2 Å². The van der Waals surface area contributed by atoms with Crippen LogP contribution in [-0.2, 0) is 6.42 Å². The topological polar surface area (TPSA) is 91.5 Å². The van der Waals surface area contributed by atoms with E-state index in [0.717, 1.165) is 31.4 Å². The van der Waals surface area contributed by atoms with E-state index in [1.807, 2.05) is 17.9 Å². The number of hydrogen-bond donors (Lipinski definition) is 2. The van der Waals surface area contributed by atoms with Gasteiger partial charge in [0.1, 0.15) is 5.75 Å². The molecule has 0 aliphatic carbocycles. The molecular formula is C18H24N4O3. The largest absolute Gasteiger partial charge is 0.508 e. The van der Waals surface area contributed by atoms with Gasteiger partial charge in [0.25, 0.3) is 0 Å². The Morgan fingerprint density at radius 3 is 3.08 bits per heavy atom. The summed E-state index contributed by atoms with van der Waals surface area (Å²) >= 11 is 0. The molecule has 0 radical (unpaired) electrons. The highest BCUT2D eigenvalue weighted by Crippen LogP contribution is 2.22. The van der Waals surface area contributed by atoms with E-state index in [1.165, 1.54) is 0 Å². The van der Waals surface area contributed by atoms with Crippen molar-refractivity contribution < 1.29 is 14.4 Å². The number of hydrogen-bond acceptors (Lipinski definition) is 5. The van der Waals surface area contributed by atoms with Crippen LogP contribution in [0.5, 0.6) is 5.75 Å². The zero-order valence-corrected chi connectivity index (χ0v) is 14.6. The van der Waals surface area contributed by atoms with Gasteiger partial charge in [0.2, 0.25) is 5.89 Å². The van der Waals surface area contributed by atoms with Gasteiger partial charge in [-0.15, -0.1) is 0 Å². The maximum Gasteiger partial charge on any atom is 0.317 e. The number of likely N-dealkylation sites (tertiary alicyclic amines) is 1. The van der Waals surface area contributed by atoms with Crippen molar-refractivity contribution in [2.45, 2.75) is 39.2 Å². The lowest BCUT2D eigenvalue weighted by molar-refractivity contribution is 0.161. The van der Waals surface area contributed by atoms with Gasteiger partial charge in [-0.3, -0.25) is 0 Å². The minimum absolute atomic E-state index is 0.0789. The summed E-state index contributed by atoms with van der Waals surface area (Å²) in [5.41, 5.74) is 0.879.